The number of H-pyrrole nitrogens is 1. The van der Waals surface area contributed by atoms with E-state index in [9.17, 15) is 0 Å². The highest BCUT2D eigenvalue weighted by Crippen LogP contribution is 2.31. The summed E-state index contributed by atoms with van der Waals surface area (Å²) in [6, 6.07) is 0. The summed E-state index contributed by atoms with van der Waals surface area (Å²) in [7, 11) is 1.88. The minimum atomic E-state index is 0.570. The van der Waals surface area contributed by atoms with E-state index in [0.29, 0.717) is 4.77 Å². The number of aromatic amines is 1. The summed E-state index contributed by atoms with van der Waals surface area (Å²) in [5.74, 6) is 2.99. The zero-order chi connectivity index (χ0) is 8.55. The Labute approximate surface area is 80.0 Å². The van der Waals surface area contributed by atoms with Gasteiger partial charge in [0.15, 0.2) is 4.77 Å². The summed E-state index contributed by atoms with van der Waals surface area (Å²) in [6.07, 6.45) is 0. The number of nitrogens with one attached hydrogen (secondary N) is 2. The van der Waals surface area contributed by atoms with E-state index in [0.717, 1.165) is 17.3 Å². The van der Waals surface area contributed by atoms with E-state index in [1.165, 1.54) is 11.3 Å². The number of hydrogen-bond acceptors (Lipinski definition) is 4. The Balaban J connectivity index is 2.62. The summed E-state index contributed by atoms with van der Waals surface area (Å²) in [5.41, 5.74) is 2.50. The second-order valence-electron chi connectivity index (χ2n) is 2.59. The van der Waals surface area contributed by atoms with Crippen LogP contribution in [-0.4, -0.2) is 17.0 Å². The molecular formula is C7H9N3S2. The Morgan fingerprint density at radius 3 is 3.17 bits per heavy atom. The summed E-state index contributed by atoms with van der Waals surface area (Å²) in [5, 5.41) is 3.06. The van der Waals surface area contributed by atoms with E-state index in [1.807, 2.05) is 18.8 Å². The normalized spacial score (nSPS) is 14.4. The lowest BCUT2D eigenvalue weighted by Crippen LogP contribution is -2.00. The van der Waals surface area contributed by atoms with Gasteiger partial charge in [0.05, 0.1) is 0 Å². The molecule has 3 nitrogen and oxygen atoms in total. The smallest absolute Gasteiger partial charge is 0.198 e. The lowest BCUT2D eigenvalue weighted by atomic mass is 10.2. The molecule has 1 aliphatic rings. The molecule has 0 saturated carbocycles. The molecule has 2 rings (SSSR count). The molecule has 0 aliphatic carbocycles. The summed E-state index contributed by atoms with van der Waals surface area (Å²) in [4.78, 5) is 7.30. The van der Waals surface area contributed by atoms with Gasteiger partial charge in [0, 0.05) is 29.8 Å². The molecule has 12 heavy (non-hydrogen) atoms. The number of fused-ring (bicyclic) bond motifs is 1. The Bertz CT molecular complexity index is 358. The van der Waals surface area contributed by atoms with Crippen LogP contribution in [0.5, 0.6) is 0 Å². The van der Waals surface area contributed by atoms with Crippen molar-refractivity contribution in [1.29, 1.82) is 0 Å². The predicted octanol–water partition coefficient (Wildman–Crippen LogP) is 1.93. The molecule has 1 aromatic heterocycles. The third-order valence-electron chi connectivity index (χ3n) is 1.85. The van der Waals surface area contributed by atoms with Crippen LogP contribution in [0.15, 0.2) is 0 Å². The second-order valence-corrected chi connectivity index (χ2v) is 3.96. The fourth-order valence-corrected chi connectivity index (χ4v) is 2.57. The van der Waals surface area contributed by atoms with Gasteiger partial charge < -0.3 is 10.3 Å². The first kappa shape index (κ1) is 8.07. The molecule has 2 heterocycles. The van der Waals surface area contributed by atoms with Crippen LogP contribution in [0.1, 0.15) is 11.3 Å². The molecule has 0 fully saturated rings. The minimum absolute atomic E-state index is 0.570. The van der Waals surface area contributed by atoms with Gasteiger partial charge in [-0.25, -0.2) is 4.98 Å². The molecule has 0 saturated heterocycles. The second kappa shape index (κ2) is 3.06. The van der Waals surface area contributed by atoms with Gasteiger partial charge in [-0.2, -0.15) is 11.8 Å². The Morgan fingerprint density at radius 1 is 1.58 bits per heavy atom. The molecule has 1 aromatic rings. The van der Waals surface area contributed by atoms with Crippen LogP contribution >= 0.6 is 24.0 Å². The molecule has 0 spiro atoms. The molecular weight excluding hydrogens is 190 g/mol. The standard InChI is InChI=1S/C7H9N3S2/c1-8-6-4-2-12-3-5(4)9-7(11)10-6/h2-3H2,1H3,(H2,8,9,10,11). The maximum absolute atomic E-state index is 4.99. The van der Waals surface area contributed by atoms with Crippen molar-refractivity contribution in [3.8, 4) is 0 Å². The molecule has 64 valence electrons. The average Bonchev–Trinajstić information content (AvgIpc) is 2.50. The first-order valence-corrected chi connectivity index (χ1v) is 5.25. The van der Waals surface area contributed by atoms with Crippen LogP contribution in [0.3, 0.4) is 0 Å². The molecule has 0 bridgehead atoms. The Hall–Kier alpha value is -0.550. The molecule has 5 heteroatoms. The maximum Gasteiger partial charge on any atom is 0.198 e. The number of aromatic nitrogens is 2. The predicted molar refractivity (Wildman–Crippen MR) is 54.0 cm³/mol. The highest BCUT2D eigenvalue weighted by atomic mass is 32.2. The van der Waals surface area contributed by atoms with Crippen molar-refractivity contribution >= 4 is 29.8 Å². The van der Waals surface area contributed by atoms with E-state index in [-0.39, 0.29) is 0 Å². The molecule has 2 N–H and O–H groups in total. The molecule has 0 unspecified atom stereocenters. The lowest BCUT2D eigenvalue weighted by Gasteiger charge is -2.04. The summed E-state index contributed by atoms with van der Waals surface area (Å²) >= 11 is 6.87. The topological polar surface area (TPSA) is 40.7 Å². The number of rotatable bonds is 1. The van der Waals surface area contributed by atoms with Crippen molar-refractivity contribution in [2.45, 2.75) is 11.5 Å². The van der Waals surface area contributed by atoms with Gasteiger partial charge in [-0.1, -0.05) is 0 Å². The van der Waals surface area contributed by atoms with Crippen LogP contribution < -0.4 is 5.32 Å². The van der Waals surface area contributed by atoms with Gasteiger partial charge >= 0.3 is 0 Å². The molecule has 0 atom stereocenters. The first-order chi connectivity index (χ1) is 5.81. The van der Waals surface area contributed by atoms with E-state index in [1.54, 1.807) is 0 Å². The van der Waals surface area contributed by atoms with Gasteiger partial charge in [0.25, 0.3) is 0 Å². The molecule has 0 amide bonds. The highest BCUT2D eigenvalue weighted by Gasteiger charge is 2.15. The number of hydrogen-bond donors (Lipinski definition) is 2. The molecule has 0 aromatic carbocycles. The van der Waals surface area contributed by atoms with Crippen LogP contribution in [-0.2, 0) is 11.5 Å². The fraction of sp³-hybridized carbons (Fsp3) is 0.429. The number of thioether (sulfide) groups is 1. The third-order valence-corrected chi connectivity index (χ3v) is 3.03. The average molecular weight is 199 g/mol. The van der Waals surface area contributed by atoms with Gasteiger partial charge in [0.1, 0.15) is 5.82 Å². The zero-order valence-corrected chi connectivity index (χ0v) is 8.31. The highest BCUT2D eigenvalue weighted by molar-refractivity contribution is 7.98. The Kier molecular flexibility index (Phi) is 2.06. The first-order valence-electron chi connectivity index (χ1n) is 3.69. The van der Waals surface area contributed by atoms with Crippen molar-refractivity contribution in [1.82, 2.24) is 9.97 Å². The van der Waals surface area contributed by atoms with E-state index >= 15 is 0 Å². The maximum atomic E-state index is 4.99. The number of nitrogens with zero attached hydrogens (tertiary/aromatic N) is 1. The van der Waals surface area contributed by atoms with Crippen LogP contribution in [0.25, 0.3) is 0 Å². The SMILES string of the molecule is CNc1nc(=S)[nH]c2c1CSC2. The van der Waals surface area contributed by atoms with Crippen LogP contribution in [0, 0.1) is 4.77 Å². The summed E-state index contributed by atoms with van der Waals surface area (Å²) in [6.45, 7) is 0. The van der Waals surface area contributed by atoms with Crippen molar-refractivity contribution in [2.75, 3.05) is 12.4 Å². The fourth-order valence-electron chi connectivity index (χ4n) is 1.29. The quantitative estimate of drug-likeness (QED) is 0.678. The largest absolute Gasteiger partial charge is 0.373 e. The number of anilines is 1. The minimum Gasteiger partial charge on any atom is -0.373 e. The van der Waals surface area contributed by atoms with E-state index in [4.69, 9.17) is 12.2 Å². The lowest BCUT2D eigenvalue weighted by molar-refractivity contribution is 1.04. The Morgan fingerprint density at radius 2 is 2.42 bits per heavy atom. The van der Waals surface area contributed by atoms with Crippen molar-refractivity contribution in [3.63, 3.8) is 0 Å². The zero-order valence-electron chi connectivity index (χ0n) is 6.68. The van der Waals surface area contributed by atoms with Crippen molar-refractivity contribution in [3.05, 3.63) is 16.0 Å². The van der Waals surface area contributed by atoms with Gasteiger partial charge in [-0.15, -0.1) is 0 Å². The monoisotopic (exact) mass is 199 g/mol. The van der Waals surface area contributed by atoms with Crippen LogP contribution in [0.4, 0.5) is 5.82 Å². The van der Waals surface area contributed by atoms with Crippen molar-refractivity contribution < 1.29 is 0 Å². The third kappa shape index (κ3) is 1.23. The van der Waals surface area contributed by atoms with Gasteiger partial charge in [-0.3, -0.25) is 0 Å². The molecule has 1 aliphatic heterocycles. The molecule has 0 radical (unpaired) electrons. The van der Waals surface area contributed by atoms with Gasteiger partial charge in [-0.05, 0) is 12.2 Å². The van der Waals surface area contributed by atoms with Crippen LogP contribution in [0.2, 0.25) is 0 Å². The van der Waals surface area contributed by atoms with Gasteiger partial charge in [0.2, 0.25) is 0 Å². The summed E-state index contributed by atoms with van der Waals surface area (Å²) < 4.78 is 0.570. The van der Waals surface area contributed by atoms with Crippen molar-refractivity contribution in [2.24, 2.45) is 0 Å². The van der Waals surface area contributed by atoms with E-state index in [2.05, 4.69) is 15.3 Å². The van der Waals surface area contributed by atoms with E-state index < -0.39 is 0 Å².